The molecule has 182 valence electrons. The van der Waals surface area contributed by atoms with Gasteiger partial charge < -0.3 is 10.4 Å². The molecule has 2 aliphatic rings. The SMILES string of the molecule is CCCSCC(=O)NC1C(=O)N2C(C(=O)O)=C(C(CCS(N)(=O)=O)Sc3nnn[nH]3)CS[C@@H]12. The third-order valence-corrected chi connectivity index (χ3v) is 9.20. The molecule has 2 amide bonds. The number of carboxylic acid groups (broad SMARTS) is 1. The summed E-state index contributed by atoms with van der Waals surface area (Å²) in [4.78, 5) is 38.3. The first-order chi connectivity index (χ1) is 15.6. The van der Waals surface area contributed by atoms with Crippen molar-refractivity contribution < 1.29 is 27.9 Å². The van der Waals surface area contributed by atoms with E-state index in [0.717, 1.165) is 28.8 Å². The van der Waals surface area contributed by atoms with Crippen LogP contribution < -0.4 is 10.5 Å². The van der Waals surface area contributed by atoms with Crippen molar-refractivity contribution in [1.29, 1.82) is 0 Å². The molecule has 0 aliphatic carbocycles. The number of rotatable bonds is 12. The zero-order valence-electron chi connectivity index (χ0n) is 17.5. The van der Waals surface area contributed by atoms with Crippen LogP contribution in [0.15, 0.2) is 16.4 Å². The molecule has 1 fully saturated rings. The van der Waals surface area contributed by atoms with E-state index in [-0.39, 0.29) is 34.7 Å². The lowest BCUT2D eigenvalue weighted by Crippen LogP contribution is -2.70. The zero-order valence-corrected chi connectivity index (χ0v) is 20.7. The zero-order chi connectivity index (χ0) is 24.2. The fourth-order valence-corrected chi connectivity index (χ4v) is 7.29. The average Bonchev–Trinajstić information content (AvgIpc) is 3.26. The largest absolute Gasteiger partial charge is 0.477 e. The third kappa shape index (κ3) is 6.40. The minimum absolute atomic E-state index is 0.00160. The van der Waals surface area contributed by atoms with E-state index in [1.807, 2.05) is 6.92 Å². The molecule has 5 N–H and O–H groups in total. The number of H-pyrrole nitrogens is 1. The molecule has 0 radical (unpaired) electrons. The molecule has 0 aromatic carbocycles. The number of carbonyl (C=O) groups excluding carboxylic acids is 2. The molecule has 1 aromatic heterocycles. The van der Waals surface area contributed by atoms with E-state index in [4.69, 9.17) is 5.14 Å². The van der Waals surface area contributed by atoms with Gasteiger partial charge in [0, 0.05) is 11.0 Å². The second-order valence-electron chi connectivity index (χ2n) is 7.16. The van der Waals surface area contributed by atoms with Gasteiger partial charge in [-0.3, -0.25) is 14.5 Å². The van der Waals surface area contributed by atoms with Crippen LogP contribution in [0.3, 0.4) is 0 Å². The van der Waals surface area contributed by atoms with Crippen LogP contribution in [0.25, 0.3) is 0 Å². The molecule has 2 unspecified atom stereocenters. The van der Waals surface area contributed by atoms with Gasteiger partial charge in [-0.25, -0.2) is 23.4 Å². The standard InChI is InChI=1S/C16H23N7O6S4/c1-2-4-30-7-10(24)18-11-13(25)23-12(15(26)27)8(6-31-14(11)23)9(3-5-33(17,28)29)32-16-19-21-22-20-16/h9,11,14H,2-7H2,1H3,(H,18,24)(H,26,27)(H2,17,28,29)(H,19,20,21,22)/t9?,11?,14-/m0/s1. The van der Waals surface area contributed by atoms with Crippen LogP contribution in [-0.2, 0) is 24.4 Å². The monoisotopic (exact) mass is 537 g/mol. The first kappa shape index (κ1) is 25.8. The molecule has 0 spiro atoms. The predicted molar refractivity (Wildman–Crippen MR) is 124 cm³/mol. The predicted octanol–water partition coefficient (Wildman–Crippen LogP) is -0.779. The van der Waals surface area contributed by atoms with E-state index in [2.05, 4.69) is 25.9 Å². The lowest BCUT2D eigenvalue weighted by molar-refractivity contribution is -0.150. The Morgan fingerprint density at radius 3 is 2.82 bits per heavy atom. The number of sulfonamides is 1. The Morgan fingerprint density at radius 2 is 2.21 bits per heavy atom. The first-order valence-corrected chi connectivity index (χ1v) is 14.6. The van der Waals surface area contributed by atoms with Crippen molar-refractivity contribution in [2.75, 3.05) is 23.0 Å². The third-order valence-electron chi connectivity index (χ3n) is 4.73. The highest BCUT2D eigenvalue weighted by molar-refractivity contribution is 8.01. The fraction of sp³-hybridized carbons (Fsp3) is 0.625. The number of nitrogens with one attached hydrogen (secondary N) is 2. The number of aliphatic carboxylic acids is 1. The number of nitrogens with two attached hydrogens (primary N) is 1. The maximum absolute atomic E-state index is 12.8. The molecule has 3 atom stereocenters. The smallest absolute Gasteiger partial charge is 0.352 e. The Balaban J connectivity index is 1.82. The molecule has 17 heteroatoms. The summed E-state index contributed by atoms with van der Waals surface area (Å²) < 4.78 is 23.1. The Kier molecular flexibility index (Phi) is 8.65. The van der Waals surface area contributed by atoms with E-state index >= 15 is 0 Å². The average molecular weight is 538 g/mol. The number of β-lactam (4-membered cyclic amide) rings is 1. The molecule has 2 aliphatic heterocycles. The summed E-state index contributed by atoms with van der Waals surface area (Å²) >= 11 is 3.82. The number of nitrogens with zero attached hydrogens (tertiary/aromatic N) is 4. The summed E-state index contributed by atoms with van der Waals surface area (Å²) in [5.74, 6) is -1.24. The summed E-state index contributed by atoms with van der Waals surface area (Å²) in [7, 11) is -3.81. The van der Waals surface area contributed by atoms with Crippen LogP contribution in [0.5, 0.6) is 0 Å². The number of carboxylic acids is 1. The van der Waals surface area contributed by atoms with Crippen LogP contribution in [0.2, 0.25) is 0 Å². The first-order valence-electron chi connectivity index (χ1n) is 9.81. The molecular weight excluding hydrogens is 514 g/mol. The van der Waals surface area contributed by atoms with Crippen molar-refractivity contribution >= 4 is 63.1 Å². The molecule has 1 aromatic rings. The van der Waals surface area contributed by atoms with Gasteiger partial charge >= 0.3 is 5.97 Å². The number of thioether (sulfide) groups is 3. The van der Waals surface area contributed by atoms with Crippen molar-refractivity contribution in [3.8, 4) is 0 Å². The highest BCUT2D eigenvalue weighted by Gasteiger charge is 2.54. The quantitative estimate of drug-likeness (QED) is 0.147. The van der Waals surface area contributed by atoms with E-state index in [9.17, 15) is 27.9 Å². The molecule has 1 saturated heterocycles. The Morgan fingerprint density at radius 1 is 1.45 bits per heavy atom. The number of amides is 2. The van der Waals surface area contributed by atoms with Gasteiger partial charge in [0.15, 0.2) is 0 Å². The Bertz CT molecular complexity index is 1030. The molecule has 0 saturated carbocycles. The minimum atomic E-state index is -3.81. The van der Waals surface area contributed by atoms with E-state index in [1.165, 1.54) is 23.5 Å². The number of carbonyl (C=O) groups is 3. The summed E-state index contributed by atoms with van der Waals surface area (Å²) in [6.07, 6.45) is 0.926. The molecule has 3 heterocycles. The molecule has 13 nitrogen and oxygen atoms in total. The van der Waals surface area contributed by atoms with Gasteiger partial charge in [0.1, 0.15) is 17.1 Å². The number of aromatic nitrogens is 4. The Labute approximate surface area is 202 Å². The summed E-state index contributed by atoms with van der Waals surface area (Å²) in [6.45, 7) is 2.00. The van der Waals surface area contributed by atoms with Gasteiger partial charge in [0.05, 0.1) is 11.5 Å². The summed E-state index contributed by atoms with van der Waals surface area (Å²) in [5, 5.41) is 30.0. The van der Waals surface area contributed by atoms with Crippen molar-refractivity contribution in [3.63, 3.8) is 0 Å². The van der Waals surface area contributed by atoms with Crippen LogP contribution >= 0.6 is 35.3 Å². The van der Waals surface area contributed by atoms with Gasteiger partial charge in [-0.1, -0.05) is 18.7 Å². The molecule has 0 bridgehead atoms. The van der Waals surface area contributed by atoms with Crippen LogP contribution in [0, 0.1) is 0 Å². The second-order valence-corrected chi connectivity index (χ2v) is 12.3. The van der Waals surface area contributed by atoms with Gasteiger partial charge in [0.2, 0.25) is 21.1 Å². The topological polar surface area (TPSA) is 201 Å². The number of tetrazole rings is 1. The van der Waals surface area contributed by atoms with Gasteiger partial charge in [-0.2, -0.15) is 11.8 Å². The number of aromatic amines is 1. The highest BCUT2D eigenvalue weighted by atomic mass is 32.2. The Hall–Kier alpha value is -1.82. The number of primary sulfonamides is 1. The maximum atomic E-state index is 12.8. The number of fused-ring (bicyclic) bond motifs is 1. The van der Waals surface area contributed by atoms with Crippen molar-refractivity contribution in [2.24, 2.45) is 5.14 Å². The second kappa shape index (κ2) is 11.1. The summed E-state index contributed by atoms with van der Waals surface area (Å²) in [5.41, 5.74) is 0.152. The van der Waals surface area contributed by atoms with Crippen molar-refractivity contribution in [1.82, 2.24) is 30.8 Å². The lowest BCUT2D eigenvalue weighted by atomic mass is 10.0. The van der Waals surface area contributed by atoms with Crippen LogP contribution in [-0.4, -0.2) is 96.5 Å². The van der Waals surface area contributed by atoms with Crippen molar-refractivity contribution in [3.05, 3.63) is 11.3 Å². The molecule has 33 heavy (non-hydrogen) atoms. The summed E-state index contributed by atoms with van der Waals surface area (Å²) in [6, 6.07) is -0.811. The van der Waals surface area contributed by atoms with Crippen LogP contribution in [0.4, 0.5) is 0 Å². The van der Waals surface area contributed by atoms with Gasteiger partial charge in [-0.05, 0) is 34.6 Å². The molecule has 3 rings (SSSR count). The highest BCUT2D eigenvalue weighted by Crippen LogP contribution is 2.44. The van der Waals surface area contributed by atoms with Crippen LogP contribution in [0.1, 0.15) is 19.8 Å². The maximum Gasteiger partial charge on any atom is 0.352 e. The van der Waals surface area contributed by atoms with E-state index in [0.29, 0.717) is 5.57 Å². The van der Waals surface area contributed by atoms with Gasteiger partial charge in [0.25, 0.3) is 5.91 Å². The number of hydrogen-bond acceptors (Lipinski definition) is 11. The van der Waals surface area contributed by atoms with E-state index < -0.39 is 44.3 Å². The minimum Gasteiger partial charge on any atom is -0.477 e. The lowest BCUT2D eigenvalue weighted by Gasteiger charge is -2.50. The fourth-order valence-electron chi connectivity index (χ4n) is 3.32. The normalized spacial score (nSPS) is 21.4. The van der Waals surface area contributed by atoms with Gasteiger partial charge in [-0.15, -0.1) is 16.9 Å². The number of hydrogen-bond donors (Lipinski definition) is 4. The molecular formula is C16H23N7O6S4. The van der Waals surface area contributed by atoms with E-state index in [1.54, 1.807) is 0 Å². The van der Waals surface area contributed by atoms with Crippen molar-refractivity contribution in [2.45, 2.75) is 41.6 Å².